The van der Waals surface area contributed by atoms with Crippen molar-refractivity contribution >= 4 is 18.0 Å². The number of aromatic nitrogens is 1. The van der Waals surface area contributed by atoms with Gasteiger partial charge in [0, 0.05) is 24.5 Å². The standard InChI is InChI=1S/C18H23N3O4/c1-4-24-18(23)16-11(2)15(21-12(16)3)8-13(9-19)17(22)20-10-14-6-5-7-25-14/h8,14,21H,4-7,10H2,1-3H3,(H,20,22)/b13-8+/t14-/m0/s1. The minimum Gasteiger partial charge on any atom is -0.462 e. The van der Waals surface area contributed by atoms with Crippen LogP contribution in [-0.4, -0.2) is 42.7 Å². The normalized spacial score (nSPS) is 17.2. The summed E-state index contributed by atoms with van der Waals surface area (Å²) in [5.74, 6) is -0.878. The Bertz CT molecular complexity index is 721. The summed E-state index contributed by atoms with van der Waals surface area (Å²) in [4.78, 5) is 27.3. The number of carbonyl (C=O) groups is 2. The first kappa shape index (κ1) is 18.7. The summed E-state index contributed by atoms with van der Waals surface area (Å²) >= 11 is 0. The molecule has 0 unspecified atom stereocenters. The minimum absolute atomic E-state index is 0.00813. The van der Waals surface area contributed by atoms with Crippen LogP contribution in [0.4, 0.5) is 0 Å². The van der Waals surface area contributed by atoms with Crippen molar-refractivity contribution < 1.29 is 19.1 Å². The van der Waals surface area contributed by atoms with Gasteiger partial charge in [-0.25, -0.2) is 4.79 Å². The quantitative estimate of drug-likeness (QED) is 0.466. The molecule has 2 rings (SSSR count). The number of nitrogens with zero attached hydrogens (tertiary/aromatic N) is 1. The molecule has 1 aliphatic rings. The minimum atomic E-state index is -0.456. The molecular formula is C18H23N3O4. The van der Waals surface area contributed by atoms with Gasteiger partial charge in [-0.3, -0.25) is 4.79 Å². The van der Waals surface area contributed by atoms with Gasteiger partial charge in [0.1, 0.15) is 11.6 Å². The van der Waals surface area contributed by atoms with E-state index in [1.54, 1.807) is 20.8 Å². The Morgan fingerprint density at radius 2 is 2.24 bits per heavy atom. The summed E-state index contributed by atoms with van der Waals surface area (Å²) in [6.45, 7) is 6.61. The van der Waals surface area contributed by atoms with Crippen LogP contribution in [0.5, 0.6) is 0 Å². The molecule has 0 saturated carbocycles. The van der Waals surface area contributed by atoms with Gasteiger partial charge in [-0.2, -0.15) is 5.26 Å². The third kappa shape index (κ3) is 4.48. The average molecular weight is 345 g/mol. The fourth-order valence-corrected chi connectivity index (χ4v) is 2.83. The van der Waals surface area contributed by atoms with Crippen molar-refractivity contribution in [2.24, 2.45) is 0 Å². The Labute approximate surface area is 147 Å². The summed E-state index contributed by atoms with van der Waals surface area (Å²) < 4.78 is 10.5. The zero-order valence-electron chi connectivity index (χ0n) is 14.8. The second-order valence-electron chi connectivity index (χ2n) is 5.90. The smallest absolute Gasteiger partial charge is 0.340 e. The third-order valence-electron chi connectivity index (χ3n) is 4.12. The number of hydrogen-bond donors (Lipinski definition) is 2. The molecule has 0 bridgehead atoms. The van der Waals surface area contributed by atoms with Gasteiger partial charge in [0.2, 0.25) is 0 Å². The van der Waals surface area contributed by atoms with Crippen LogP contribution in [0.25, 0.3) is 6.08 Å². The van der Waals surface area contributed by atoms with Crippen LogP contribution < -0.4 is 5.32 Å². The van der Waals surface area contributed by atoms with Gasteiger partial charge in [0.25, 0.3) is 5.91 Å². The van der Waals surface area contributed by atoms with Gasteiger partial charge >= 0.3 is 5.97 Å². The summed E-state index contributed by atoms with van der Waals surface area (Å²) in [5.41, 5.74) is 2.24. The van der Waals surface area contributed by atoms with E-state index >= 15 is 0 Å². The third-order valence-corrected chi connectivity index (χ3v) is 4.12. The van der Waals surface area contributed by atoms with Crippen molar-refractivity contribution in [1.29, 1.82) is 5.26 Å². The molecule has 1 fully saturated rings. The molecule has 1 aromatic rings. The lowest BCUT2D eigenvalue weighted by molar-refractivity contribution is -0.117. The van der Waals surface area contributed by atoms with E-state index in [0.29, 0.717) is 35.7 Å². The van der Waals surface area contributed by atoms with E-state index in [4.69, 9.17) is 9.47 Å². The summed E-state index contributed by atoms with van der Waals surface area (Å²) in [6.07, 6.45) is 3.35. The van der Waals surface area contributed by atoms with Crippen LogP contribution in [-0.2, 0) is 14.3 Å². The molecule has 0 aromatic carbocycles. The molecule has 0 radical (unpaired) electrons. The molecule has 25 heavy (non-hydrogen) atoms. The highest BCUT2D eigenvalue weighted by Gasteiger charge is 2.21. The van der Waals surface area contributed by atoms with E-state index in [1.807, 2.05) is 6.07 Å². The van der Waals surface area contributed by atoms with E-state index in [2.05, 4.69) is 10.3 Å². The van der Waals surface area contributed by atoms with Crippen molar-refractivity contribution in [2.75, 3.05) is 19.8 Å². The molecule has 2 N–H and O–H groups in total. The van der Waals surface area contributed by atoms with Gasteiger partial charge in [0.05, 0.1) is 18.3 Å². The SMILES string of the molecule is CCOC(=O)c1c(C)[nH]c(/C=C(\C#N)C(=O)NC[C@@H]2CCCO2)c1C. The van der Waals surface area contributed by atoms with Crippen molar-refractivity contribution in [3.8, 4) is 6.07 Å². The van der Waals surface area contributed by atoms with E-state index in [9.17, 15) is 14.9 Å². The Morgan fingerprint density at radius 1 is 1.48 bits per heavy atom. The molecule has 7 nitrogen and oxygen atoms in total. The van der Waals surface area contributed by atoms with Crippen molar-refractivity contribution in [1.82, 2.24) is 10.3 Å². The molecule has 0 spiro atoms. The molecule has 7 heteroatoms. The molecule has 0 aliphatic carbocycles. The van der Waals surface area contributed by atoms with Crippen LogP contribution in [0.1, 0.15) is 47.1 Å². The van der Waals surface area contributed by atoms with E-state index in [1.165, 1.54) is 6.08 Å². The number of H-pyrrole nitrogens is 1. The molecule has 1 atom stereocenters. The molecule has 2 heterocycles. The number of esters is 1. The zero-order chi connectivity index (χ0) is 18.4. The number of hydrogen-bond acceptors (Lipinski definition) is 5. The monoisotopic (exact) mass is 345 g/mol. The van der Waals surface area contributed by atoms with Crippen LogP contribution in [0.2, 0.25) is 0 Å². The maximum absolute atomic E-state index is 12.2. The Morgan fingerprint density at radius 3 is 2.84 bits per heavy atom. The van der Waals surface area contributed by atoms with Gasteiger partial charge in [-0.15, -0.1) is 0 Å². The predicted molar refractivity (Wildman–Crippen MR) is 91.8 cm³/mol. The number of ether oxygens (including phenoxy) is 2. The van der Waals surface area contributed by atoms with E-state index in [-0.39, 0.29) is 18.3 Å². The second kappa shape index (κ2) is 8.49. The highest BCUT2D eigenvalue weighted by Crippen LogP contribution is 2.21. The summed E-state index contributed by atoms with van der Waals surface area (Å²) in [7, 11) is 0. The second-order valence-corrected chi connectivity index (χ2v) is 5.90. The number of aromatic amines is 1. The van der Waals surface area contributed by atoms with Crippen molar-refractivity contribution in [3.05, 3.63) is 28.1 Å². The molecule has 134 valence electrons. The zero-order valence-corrected chi connectivity index (χ0v) is 14.8. The van der Waals surface area contributed by atoms with Gasteiger partial charge in [-0.1, -0.05) is 0 Å². The average Bonchev–Trinajstić information content (AvgIpc) is 3.18. The first-order valence-corrected chi connectivity index (χ1v) is 8.35. The molecule has 1 aromatic heterocycles. The summed E-state index contributed by atoms with van der Waals surface area (Å²) in [6, 6.07) is 1.91. The first-order valence-electron chi connectivity index (χ1n) is 8.35. The molecule has 1 saturated heterocycles. The van der Waals surface area contributed by atoms with Gasteiger partial charge < -0.3 is 19.8 Å². The first-order chi connectivity index (χ1) is 12.0. The highest BCUT2D eigenvalue weighted by molar-refractivity contribution is 6.02. The lowest BCUT2D eigenvalue weighted by Crippen LogP contribution is -2.32. The number of nitrogens with one attached hydrogen (secondary N) is 2. The number of nitriles is 1. The fourth-order valence-electron chi connectivity index (χ4n) is 2.83. The topological polar surface area (TPSA) is 104 Å². The fraction of sp³-hybridized carbons (Fsp3) is 0.500. The van der Waals surface area contributed by atoms with Crippen LogP contribution in [0, 0.1) is 25.2 Å². The van der Waals surface area contributed by atoms with Crippen molar-refractivity contribution in [3.63, 3.8) is 0 Å². The highest BCUT2D eigenvalue weighted by atomic mass is 16.5. The Hall–Kier alpha value is -2.59. The van der Waals surface area contributed by atoms with Crippen LogP contribution in [0.3, 0.4) is 0 Å². The molecular weight excluding hydrogens is 322 g/mol. The summed E-state index contributed by atoms with van der Waals surface area (Å²) in [5, 5.41) is 12.0. The van der Waals surface area contributed by atoms with Crippen molar-refractivity contribution in [2.45, 2.75) is 39.7 Å². The molecule has 1 aliphatic heterocycles. The van der Waals surface area contributed by atoms with Gasteiger partial charge in [0.15, 0.2) is 0 Å². The maximum Gasteiger partial charge on any atom is 0.340 e. The number of rotatable bonds is 6. The number of aryl methyl sites for hydroxylation is 1. The number of carbonyl (C=O) groups excluding carboxylic acids is 2. The van der Waals surface area contributed by atoms with E-state index < -0.39 is 11.9 Å². The maximum atomic E-state index is 12.2. The predicted octanol–water partition coefficient (Wildman–Crippen LogP) is 2.01. The lowest BCUT2D eigenvalue weighted by Gasteiger charge is -2.10. The molecule has 1 amide bonds. The van der Waals surface area contributed by atoms with E-state index in [0.717, 1.165) is 12.8 Å². The van der Waals surface area contributed by atoms with Crippen LogP contribution >= 0.6 is 0 Å². The van der Waals surface area contributed by atoms with Gasteiger partial charge in [-0.05, 0) is 45.3 Å². The Kier molecular flexibility index (Phi) is 6.37. The van der Waals surface area contributed by atoms with Crippen LogP contribution in [0.15, 0.2) is 5.57 Å². The Balaban J connectivity index is 2.15. The lowest BCUT2D eigenvalue weighted by atomic mass is 10.1. The largest absolute Gasteiger partial charge is 0.462 e. The number of amides is 1.